The second-order valence-corrected chi connectivity index (χ2v) is 6.37. The molecule has 0 aliphatic carbocycles. The van der Waals surface area contributed by atoms with E-state index < -0.39 is 0 Å². The third kappa shape index (κ3) is 4.02. The summed E-state index contributed by atoms with van der Waals surface area (Å²) in [6.07, 6.45) is 3.86. The fraction of sp³-hybridized carbons (Fsp3) is 0.316. The largest absolute Gasteiger partial charge is 0.370 e. The Morgan fingerprint density at radius 1 is 0.870 bits per heavy atom. The maximum atomic E-state index is 5.50. The second kappa shape index (κ2) is 7.47. The summed E-state index contributed by atoms with van der Waals surface area (Å²) in [6.45, 7) is 4.32. The Balaban J connectivity index is 1.72. The number of piperidine rings is 1. The average Bonchev–Trinajstić information content (AvgIpc) is 2.58. The molecule has 3 rings (SSSR count). The molecule has 3 nitrogen and oxygen atoms in total. The Morgan fingerprint density at radius 2 is 1.48 bits per heavy atom. The minimum absolute atomic E-state index is 0.628. The molecular formula is C19H23N3S. The van der Waals surface area contributed by atoms with Crippen LogP contribution >= 0.6 is 12.2 Å². The van der Waals surface area contributed by atoms with E-state index in [1.54, 1.807) is 0 Å². The van der Waals surface area contributed by atoms with Gasteiger partial charge in [0.1, 0.15) is 0 Å². The first-order valence-electron chi connectivity index (χ1n) is 8.21. The van der Waals surface area contributed by atoms with Crippen molar-refractivity contribution in [1.82, 2.24) is 0 Å². The molecule has 0 bridgehead atoms. The van der Waals surface area contributed by atoms with E-state index in [2.05, 4.69) is 46.7 Å². The van der Waals surface area contributed by atoms with Crippen LogP contribution in [0.25, 0.3) is 0 Å². The second-order valence-electron chi connectivity index (χ2n) is 5.96. The first-order valence-corrected chi connectivity index (χ1v) is 8.62. The van der Waals surface area contributed by atoms with Crippen molar-refractivity contribution in [3.05, 3.63) is 54.1 Å². The summed E-state index contributed by atoms with van der Waals surface area (Å²) in [4.78, 5) is 2.45. The van der Waals surface area contributed by atoms with Crippen molar-refractivity contribution in [2.45, 2.75) is 26.2 Å². The van der Waals surface area contributed by atoms with E-state index in [0.717, 1.165) is 24.5 Å². The number of nitrogens with zero attached hydrogens (tertiary/aromatic N) is 1. The van der Waals surface area contributed by atoms with E-state index in [1.807, 2.05) is 24.3 Å². The van der Waals surface area contributed by atoms with Gasteiger partial charge in [-0.1, -0.05) is 30.3 Å². The van der Waals surface area contributed by atoms with Gasteiger partial charge in [0.15, 0.2) is 5.11 Å². The Labute approximate surface area is 143 Å². The van der Waals surface area contributed by atoms with Gasteiger partial charge in [-0.25, -0.2) is 0 Å². The lowest BCUT2D eigenvalue weighted by Gasteiger charge is -2.30. The van der Waals surface area contributed by atoms with Crippen LogP contribution in [0.1, 0.15) is 24.8 Å². The monoisotopic (exact) mass is 325 g/mol. The van der Waals surface area contributed by atoms with Crippen LogP contribution in [-0.2, 0) is 0 Å². The zero-order chi connectivity index (χ0) is 16.1. The van der Waals surface area contributed by atoms with Crippen molar-refractivity contribution in [2.75, 3.05) is 28.6 Å². The predicted molar refractivity (Wildman–Crippen MR) is 104 cm³/mol. The highest BCUT2D eigenvalue weighted by Gasteiger charge is 2.14. The maximum absolute atomic E-state index is 5.50. The maximum Gasteiger partial charge on any atom is 0.175 e. The molecule has 4 heteroatoms. The van der Waals surface area contributed by atoms with E-state index in [-0.39, 0.29) is 0 Å². The molecule has 0 unspecified atom stereocenters. The molecule has 0 amide bonds. The van der Waals surface area contributed by atoms with Crippen molar-refractivity contribution in [2.24, 2.45) is 0 Å². The van der Waals surface area contributed by atoms with Crippen LogP contribution in [0.15, 0.2) is 48.5 Å². The molecule has 23 heavy (non-hydrogen) atoms. The van der Waals surface area contributed by atoms with Gasteiger partial charge in [-0.15, -0.1) is 0 Å². The third-order valence-corrected chi connectivity index (χ3v) is 4.45. The number of hydrogen-bond acceptors (Lipinski definition) is 2. The van der Waals surface area contributed by atoms with Crippen LogP contribution in [0.2, 0.25) is 0 Å². The Bertz CT molecular complexity index is 678. The van der Waals surface area contributed by atoms with Gasteiger partial charge in [-0.05, 0) is 62.2 Å². The lowest BCUT2D eigenvalue weighted by molar-refractivity contribution is 0.578. The number of para-hydroxylation sites is 3. The number of hydrogen-bond donors (Lipinski definition) is 2. The van der Waals surface area contributed by atoms with Crippen molar-refractivity contribution in [3.8, 4) is 0 Å². The molecule has 0 atom stereocenters. The standard InChI is InChI=1S/C19H23N3S/c1-15-9-3-4-10-16(15)20-19(23)21-17-11-5-6-12-18(17)22-13-7-2-8-14-22/h3-6,9-12H,2,7-8,13-14H2,1H3,(H2,20,21,23). The third-order valence-electron chi connectivity index (χ3n) is 4.24. The predicted octanol–water partition coefficient (Wildman–Crippen LogP) is 4.79. The molecule has 1 fully saturated rings. The smallest absolute Gasteiger partial charge is 0.175 e. The van der Waals surface area contributed by atoms with Gasteiger partial charge in [0.05, 0.1) is 11.4 Å². The van der Waals surface area contributed by atoms with Crippen LogP contribution in [-0.4, -0.2) is 18.2 Å². The fourth-order valence-electron chi connectivity index (χ4n) is 2.98. The lowest BCUT2D eigenvalue weighted by atomic mass is 10.1. The molecule has 0 saturated carbocycles. The molecule has 1 aliphatic rings. The summed E-state index contributed by atoms with van der Waals surface area (Å²) in [5, 5.41) is 7.28. The molecule has 0 radical (unpaired) electrons. The Hall–Kier alpha value is -2.07. The van der Waals surface area contributed by atoms with E-state index in [0.29, 0.717) is 5.11 Å². The van der Waals surface area contributed by atoms with E-state index >= 15 is 0 Å². The fourth-order valence-corrected chi connectivity index (χ4v) is 3.20. The number of anilines is 3. The minimum atomic E-state index is 0.628. The summed E-state index contributed by atoms with van der Waals surface area (Å²) >= 11 is 5.50. The highest BCUT2D eigenvalue weighted by molar-refractivity contribution is 7.80. The van der Waals surface area contributed by atoms with Gasteiger partial charge in [-0.2, -0.15) is 0 Å². The molecule has 1 aliphatic heterocycles. The SMILES string of the molecule is Cc1ccccc1NC(=S)Nc1ccccc1N1CCCCC1. The molecule has 120 valence electrons. The number of benzene rings is 2. The van der Waals surface area contributed by atoms with Crippen LogP contribution in [0.3, 0.4) is 0 Å². The van der Waals surface area contributed by atoms with Gasteiger partial charge in [-0.3, -0.25) is 0 Å². The number of rotatable bonds is 3. The molecule has 1 saturated heterocycles. The van der Waals surface area contributed by atoms with Crippen LogP contribution in [0.4, 0.5) is 17.1 Å². The molecule has 0 spiro atoms. The van der Waals surface area contributed by atoms with Crippen molar-refractivity contribution in [1.29, 1.82) is 0 Å². The van der Waals surface area contributed by atoms with Crippen LogP contribution in [0, 0.1) is 6.92 Å². The van der Waals surface area contributed by atoms with Gasteiger partial charge in [0.25, 0.3) is 0 Å². The Morgan fingerprint density at radius 3 is 2.22 bits per heavy atom. The lowest BCUT2D eigenvalue weighted by Crippen LogP contribution is -2.30. The van der Waals surface area contributed by atoms with E-state index in [4.69, 9.17) is 12.2 Å². The molecule has 0 aromatic heterocycles. The topological polar surface area (TPSA) is 27.3 Å². The number of thiocarbonyl (C=S) groups is 1. The highest BCUT2D eigenvalue weighted by atomic mass is 32.1. The molecule has 2 aromatic carbocycles. The quantitative estimate of drug-likeness (QED) is 0.793. The van der Waals surface area contributed by atoms with Crippen molar-refractivity contribution in [3.63, 3.8) is 0 Å². The molecule has 2 aromatic rings. The van der Waals surface area contributed by atoms with E-state index in [9.17, 15) is 0 Å². The van der Waals surface area contributed by atoms with Gasteiger partial charge in [0, 0.05) is 18.8 Å². The van der Waals surface area contributed by atoms with Crippen molar-refractivity contribution < 1.29 is 0 Å². The van der Waals surface area contributed by atoms with Gasteiger partial charge < -0.3 is 15.5 Å². The normalized spacial score (nSPS) is 14.4. The van der Waals surface area contributed by atoms with Crippen molar-refractivity contribution >= 4 is 34.4 Å². The zero-order valence-electron chi connectivity index (χ0n) is 13.5. The molecular weight excluding hydrogens is 302 g/mol. The molecule has 1 heterocycles. The average molecular weight is 325 g/mol. The summed E-state index contributed by atoms with van der Waals surface area (Å²) in [7, 11) is 0. The minimum Gasteiger partial charge on any atom is -0.370 e. The summed E-state index contributed by atoms with van der Waals surface area (Å²) in [5.74, 6) is 0. The van der Waals surface area contributed by atoms with Gasteiger partial charge >= 0.3 is 0 Å². The first kappa shape index (κ1) is 15.8. The highest BCUT2D eigenvalue weighted by Crippen LogP contribution is 2.28. The van der Waals surface area contributed by atoms with Crippen LogP contribution < -0.4 is 15.5 Å². The van der Waals surface area contributed by atoms with Crippen LogP contribution in [0.5, 0.6) is 0 Å². The summed E-state index contributed by atoms with van der Waals surface area (Å²) < 4.78 is 0. The summed E-state index contributed by atoms with van der Waals surface area (Å²) in [5.41, 5.74) is 4.53. The van der Waals surface area contributed by atoms with E-state index in [1.165, 1.54) is 30.5 Å². The zero-order valence-corrected chi connectivity index (χ0v) is 14.3. The Kier molecular flexibility index (Phi) is 5.13. The first-order chi connectivity index (χ1) is 11.2. The van der Waals surface area contributed by atoms with Gasteiger partial charge in [0.2, 0.25) is 0 Å². The number of aryl methyl sites for hydroxylation is 1. The summed E-state index contributed by atoms with van der Waals surface area (Å²) in [6, 6.07) is 16.6. The number of nitrogens with one attached hydrogen (secondary N) is 2. The molecule has 2 N–H and O–H groups in total.